The molecular weight excluding hydrogens is 264 g/mol. The Hall–Kier alpha value is -0.500. The van der Waals surface area contributed by atoms with E-state index in [4.69, 9.17) is 4.74 Å². The number of halogens is 1. The molecule has 0 radical (unpaired) electrons. The quantitative estimate of drug-likeness (QED) is 0.693. The lowest BCUT2D eigenvalue weighted by atomic mass is 9.99. The summed E-state index contributed by atoms with van der Waals surface area (Å²) in [5.74, 6) is 2.16. The topological polar surface area (TPSA) is 9.23 Å². The second-order valence-electron chi connectivity index (χ2n) is 4.45. The van der Waals surface area contributed by atoms with Crippen LogP contribution in [0.2, 0.25) is 0 Å². The Morgan fingerprint density at radius 2 is 1.81 bits per heavy atom. The first-order chi connectivity index (χ1) is 7.67. The first-order valence-electron chi connectivity index (χ1n) is 5.96. The third-order valence-electron chi connectivity index (χ3n) is 2.86. The van der Waals surface area contributed by atoms with Crippen LogP contribution in [-0.4, -0.2) is 11.9 Å². The molecule has 0 heterocycles. The molecule has 1 rings (SSSR count). The summed E-state index contributed by atoms with van der Waals surface area (Å²) in [4.78, 5) is 0. The Kier molecular flexibility index (Phi) is 5.89. The molecule has 1 nitrogen and oxygen atoms in total. The number of rotatable bonds is 6. The molecule has 2 atom stereocenters. The fourth-order valence-corrected chi connectivity index (χ4v) is 1.60. The minimum absolute atomic E-state index is 0.550. The van der Waals surface area contributed by atoms with Crippen LogP contribution in [0.4, 0.5) is 0 Å². The third-order valence-corrected chi connectivity index (χ3v) is 3.96. The molecule has 1 aromatic rings. The third kappa shape index (κ3) is 4.17. The van der Waals surface area contributed by atoms with Crippen molar-refractivity contribution in [3.05, 3.63) is 29.8 Å². The van der Waals surface area contributed by atoms with E-state index in [-0.39, 0.29) is 0 Å². The molecule has 0 spiro atoms. The first-order valence-corrected chi connectivity index (χ1v) is 7.08. The maximum atomic E-state index is 5.70. The van der Waals surface area contributed by atoms with Gasteiger partial charge in [-0.1, -0.05) is 48.8 Å². The summed E-state index contributed by atoms with van der Waals surface area (Å²) in [6.07, 6.45) is 1.18. The predicted molar refractivity (Wildman–Crippen MR) is 73.6 cm³/mol. The predicted octanol–water partition coefficient (Wildman–Crippen LogP) is 4.61. The minimum atomic E-state index is 0.550. The van der Waals surface area contributed by atoms with E-state index in [2.05, 4.69) is 61.0 Å². The molecule has 16 heavy (non-hydrogen) atoms. The second kappa shape index (κ2) is 6.95. The van der Waals surface area contributed by atoms with Crippen molar-refractivity contribution >= 4 is 15.9 Å². The molecule has 0 bridgehead atoms. The molecule has 0 aliphatic carbocycles. The van der Waals surface area contributed by atoms with E-state index in [1.165, 1.54) is 12.0 Å². The lowest BCUT2D eigenvalue weighted by Crippen LogP contribution is -2.09. The van der Waals surface area contributed by atoms with Crippen molar-refractivity contribution in [2.24, 2.45) is 5.92 Å². The van der Waals surface area contributed by atoms with Gasteiger partial charge in [-0.25, -0.2) is 0 Å². The summed E-state index contributed by atoms with van der Waals surface area (Å²) in [6.45, 7) is 7.41. The van der Waals surface area contributed by atoms with Crippen molar-refractivity contribution in [2.75, 3.05) is 11.9 Å². The molecule has 0 saturated heterocycles. The fraction of sp³-hybridized carbons (Fsp3) is 0.571. The van der Waals surface area contributed by atoms with Gasteiger partial charge in [0.25, 0.3) is 0 Å². The summed E-state index contributed by atoms with van der Waals surface area (Å²) in [7, 11) is 0. The van der Waals surface area contributed by atoms with E-state index in [1.807, 2.05) is 0 Å². The molecule has 0 aliphatic rings. The van der Waals surface area contributed by atoms with Gasteiger partial charge in [0.15, 0.2) is 0 Å². The van der Waals surface area contributed by atoms with Crippen molar-refractivity contribution < 1.29 is 4.74 Å². The molecule has 0 N–H and O–H groups in total. The van der Waals surface area contributed by atoms with Crippen LogP contribution in [0.25, 0.3) is 0 Å². The van der Waals surface area contributed by atoms with Crippen LogP contribution >= 0.6 is 15.9 Å². The normalized spacial score (nSPS) is 14.5. The molecule has 0 amide bonds. The Morgan fingerprint density at radius 3 is 2.31 bits per heavy atom. The molecule has 0 saturated carbocycles. The summed E-state index contributed by atoms with van der Waals surface area (Å²) in [5, 5.41) is 0.984. The Balaban J connectivity index is 2.51. The molecule has 2 heteroatoms. The van der Waals surface area contributed by atoms with Gasteiger partial charge in [-0.2, -0.15) is 0 Å². The van der Waals surface area contributed by atoms with Gasteiger partial charge >= 0.3 is 0 Å². The number of alkyl halides is 1. The van der Waals surface area contributed by atoms with Crippen LogP contribution in [0.5, 0.6) is 5.75 Å². The smallest absolute Gasteiger partial charge is 0.119 e. The fourth-order valence-electron chi connectivity index (χ4n) is 1.41. The lowest BCUT2D eigenvalue weighted by molar-refractivity contribution is 0.274. The largest absolute Gasteiger partial charge is 0.493 e. The minimum Gasteiger partial charge on any atom is -0.493 e. The Morgan fingerprint density at radius 1 is 1.19 bits per heavy atom. The SMILES string of the molecule is CCC(C)c1ccc(OCC(C)CBr)cc1. The van der Waals surface area contributed by atoms with Crippen molar-refractivity contribution in [1.29, 1.82) is 0 Å². The van der Waals surface area contributed by atoms with E-state index in [0.717, 1.165) is 17.7 Å². The van der Waals surface area contributed by atoms with E-state index >= 15 is 0 Å². The zero-order valence-corrected chi connectivity index (χ0v) is 12.0. The van der Waals surface area contributed by atoms with Crippen molar-refractivity contribution in [2.45, 2.75) is 33.1 Å². The monoisotopic (exact) mass is 284 g/mol. The van der Waals surface area contributed by atoms with Gasteiger partial charge in [0, 0.05) is 5.33 Å². The van der Waals surface area contributed by atoms with Gasteiger partial charge in [0.05, 0.1) is 6.61 Å². The summed E-state index contributed by atoms with van der Waals surface area (Å²) >= 11 is 3.45. The molecule has 0 aliphatic heterocycles. The van der Waals surface area contributed by atoms with Gasteiger partial charge < -0.3 is 4.74 Å². The molecule has 2 unspecified atom stereocenters. The maximum absolute atomic E-state index is 5.70. The number of ether oxygens (including phenoxy) is 1. The zero-order chi connectivity index (χ0) is 12.0. The van der Waals surface area contributed by atoms with E-state index in [0.29, 0.717) is 11.8 Å². The summed E-state index contributed by atoms with van der Waals surface area (Å²) in [5.41, 5.74) is 1.39. The zero-order valence-electron chi connectivity index (χ0n) is 10.4. The van der Waals surface area contributed by atoms with Gasteiger partial charge in [0.2, 0.25) is 0 Å². The van der Waals surface area contributed by atoms with E-state index in [1.54, 1.807) is 0 Å². The summed E-state index contributed by atoms with van der Waals surface area (Å²) in [6, 6.07) is 8.48. The molecule has 0 fully saturated rings. The van der Waals surface area contributed by atoms with Gasteiger partial charge in [-0.3, -0.25) is 0 Å². The Labute approximate surface area is 107 Å². The molecule has 90 valence electrons. The molecule has 0 aromatic heterocycles. The van der Waals surface area contributed by atoms with Crippen LogP contribution in [0.15, 0.2) is 24.3 Å². The molecule has 1 aromatic carbocycles. The molecular formula is C14H21BrO. The van der Waals surface area contributed by atoms with Gasteiger partial charge in [0.1, 0.15) is 5.75 Å². The second-order valence-corrected chi connectivity index (χ2v) is 5.10. The number of benzene rings is 1. The van der Waals surface area contributed by atoms with Crippen LogP contribution in [-0.2, 0) is 0 Å². The van der Waals surface area contributed by atoms with Crippen LogP contribution in [0.3, 0.4) is 0 Å². The highest BCUT2D eigenvalue weighted by Gasteiger charge is 2.04. The first kappa shape index (κ1) is 13.6. The van der Waals surface area contributed by atoms with Gasteiger partial charge in [-0.05, 0) is 36.0 Å². The number of hydrogen-bond donors (Lipinski definition) is 0. The van der Waals surface area contributed by atoms with Crippen LogP contribution in [0.1, 0.15) is 38.7 Å². The van der Waals surface area contributed by atoms with Crippen molar-refractivity contribution in [1.82, 2.24) is 0 Å². The van der Waals surface area contributed by atoms with Crippen molar-refractivity contribution in [3.8, 4) is 5.75 Å². The highest BCUT2D eigenvalue weighted by molar-refractivity contribution is 9.09. The Bertz CT molecular complexity index is 294. The van der Waals surface area contributed by atoms with Gasteiger partial charge in [-0.15, -0.1) is 0 Å². The average molecular weight is 285 g/mol. The highest BCUT2D eigenvalue weighted by Crippen LogP contribution is 2.21. The van der Waals surface area contributed by atoms with E-state index in [9.17, 15) is 0 Å². The van der Waals surface area contributed by atoms with Crippen LogP contribution in [0, 0.1) is 5.92 Å². The standard InChI is InChI=1S/C14H21BrO/c1-4-12(3)13-5-7-14(8-6-13)16-10-11(2)9-15/h5-8,11-12H,4,9-10H2,1-3H3. The van der Waals surface area contributed by atoms with Crippen molar-refractivity contribution in [3.63, 3.8) is 0 Å². The van der Waals surface area contributed by atoms with E-state index < -0.39 is 0 Å². The maximum Gasteiger partial charge on any atom is 0.119 e. The highest BCUT2D eigenvalue weighted by atomic mass is 79.9. The summed E-state index contributed by atoms with van der Waals surface area (Å²) < 4.78 is 5.70. The number of hydrogen-bond acceptors (Lipinski definition) is 1. The van der Waals surface area contributed by atoms with Crippen LogP contribution < -0.4 is 4.74 Å². The average Bonchev–Trinajstić information content (AvgIpc) is 2.35. The lowest BCUT2D eigenvalue weighted by Gasteiger charge is -2.12.